The Morgan fingerprint density at radius 1 is 1.03 bits per heavy atom. The number of fused-ring (bicyclic) bond motifs is 1. The highest BCUT2D eigenvalue weighted by Crippen LogP contribution is 2.32. The van der Waals surface area contributed by atoms with Crippen LogP contribution in [0.5, 0.6) is 0 Å². The fourth-order valence-electron chi connectivity index (χ4n) is 3.64. The molecule has 0 fully saturated rings. The molecule has 0 radical (unpaired) electrons. The Hall–Kier alpha value is -2.83. The smallest absolute Gasteiger partial charge is 0.264 e. The van der Waals surface area contributed by atoms with Crippen molar-refractivity contribution in [2.45, 2.75) is 24.7 Å². The topological polar surface area (TPSA) is 66.5 Å². The van der Waals surface area contributed by atoms with E-state index >= 15 is 0 Å². The summed E-state index contributed by atoms with van der Waals surface area (Å²) in [7, 11) is -3.78. The molecule has 1 amide bonds. The van der Waals surface area contributed by atoms with E-state index in [0.29, 0.717) is 22.9 Å². The monoisotopic (exact) mass is 440 g/mol. The zero-order valence-corrected chi connectivity index (χ0v) is 18.0. The second-order valence-corrected chi connectivity index (χ2v) is 9.55. The lowest BCUT2D eigenvalue weighted by atomic mass is 10.0. The molecule has 1 aliphatic rings. The molecule has 4 rings (SSSR count). The first-order chi connectivity index (χ1) is 14.4. The third-order valence-corrected chi connectivity index (χ3v) is 7.23. The Balaban J connectivity index is 1.64. The first-order valence-electron chi connectivity index (χ1n) is 9.64. The van der Waals surface area contributed by atoms with Crippen LogP contribution in [0, 0.1) is 6.92 Å². The number of aryl methyl sites for hydroxylation is 2. The molecule has 0 spiro atoms. The SMILES string of the molecule is Cc1cc(Cl)ccc1NC(=O)c1cccc(S(=O)(=O)N2CCCc3ccccc32)c1. The van der Waals surface area contributed by atoms with E-state index < -0.39 is 10.0 Å². The van der Waals surface area contributed by atoms with E-state index in [2.05, 4.69) is 5.32 Å². The first kappa shape index (κ1) is 20.4. The van der Waals surface area contributed by atoms with E-state index in [1.165, 1.54) is 16.4 Å². The summed E-state index contributed by atoms with van der Waals surface area (Å²) < 4.78 is 28.1. The van der Waals surface area contributed by atoms with Gasteiger partial charge in [0.15, 0.2) is 0 Å². The summed E-state index contributed by atoms with van der Waals surface area (Å²) in [4.78, 5) is 12.8. The molecule has 30 heavy (non-hydrogen) atoms. The summed E-state index contributed by atoms with van der Waals surface area (Å²) in [6.45, 7) is 2.26. The number of hydrogen-bond acceptors (Lipinski definition) is 3. The zero-order chi connectivity index (χ0) is 21.3. The van der Waals surface area contributed by atoms with Crippen molar-refractivity contribution in [3.05, 3.63) is 88.4 Å². The van der Waals surface area contributed by atoms with Crippen LogP contribution in [0.25, 0.3) is 0 Å². The maximum absolute atomic E-state index is 13.4. The van der Waals surface area contributed by atoms with Crippen molar-refractivity contribution < 1.29 is 13.2 Å². The van der Waals surface area contributed by atoms with E-state index in [-0.39, 0.29) is 16.4 Å². The lowest BCUT2D eigenvalue weighted by Crippen LogP contribution is -2.35. The van der Waals surface area contributed by atoms with Gasteiger partial charge in [-0.1, -0.05) is 35.9 Å². The van der Waals surface area contributed by atoms with Crippen LogP contribution in [-0.2, 0) is 16.4 Å². The lowest BCUT2D eigenvalue weighted by molar-refractivity contribution is 0.102. The number of rotatable bonds is 4. The number of nitrogens with one attached hydrogen (secondary N) is 1. The zero-order valence-electron chi connectivity index (χ0n) is 16.4. The quantitative estimate of drug-likeness (QED) is 0.617. The number of sulfonamides is 1. The molecular weight excluding hydrogens is 420 g/mol. The van der Waals surface area contributed by atoms with Crippen LogP contribution in [0.2, 0.25) is 5.02 Å². The molecule has 0 aromatic heterocycles. The van der Waals surface area contributed by atoms with Gasteiger partial charge < -0.3 is 5.32 Å². The predicted molar refractivity (Wildman–Crippen MR) is 120 cm³/mol. The van der Waals surface area contributed by atoms with Crippen LogP contribution in [0.15, 0.2) is 71.6 Å². The van der Waals surface area contributed by atoms with E-state index in [1.54, 1.807) is 30.3 Å². The summed E-state index contributed by atoms with van der Waals surface area (Å²) >= 11 is 5.97. The van der Waals surface area contributed by atoms with Crippen LogP contribution in [0.3, 0.4) is 0 Å². The average molecular weight is 441 g/mol. The van der Waals surface area contributed by atoms with Gasteiger partial charge in [0, 0.05) is 22.8 Å². The maximum Gasteiger partial charge on any atom is 0.264 e. The molecule has 0 saturated heterocycles. The minimum atomic E-state index is -3.78. The highest BCUT2D eigenvalue weighted by molar-refractivity contribution is 7.92. The molecule has 1 heterocycles. The minimum absolute atomic E-state index is 0.0969. The van der Waals surface area contributed by atoms with Gasteiger partial charge in [-0.3, -0.25) is 9.10 Å². The Kier molecular flexibility index (Phi) is 5.54. The molecule has 0 atom stereocenters. The molecule has 1 aliphatic heterocycles. The van der Waals surface area contributed by atoms with Gasteiger partial charge >= 0.3 is 0 Å². The Morgan fingerprint density at radius 3 is 2.63 bits per heavy atom. The molecule has 1 N–H and O–H groups in total. The molecule has 0 aliphatic carbocycles. The summed E-state index contributed by atoms with van der Waals surface area (Å²) in [5.41, 5.74) is 3.44. The second-order valence-electron chi connectivity index (χ2n) is 7.25. The third-order valence-electron chi connectivity index (χ3n) is 5.19. The van der Waals surface area contributed by atoms with Crippen molar-refractivity contribution in [1.82, 2.24) is 0 Å². The predicted octanol–water partition coefficient (Wildman–Crippen LogP) is 5.04. The van der Waals surface area contributed by atoms with Gasteiger partial charge in [-0.2, -0.15) is 0 Å². The fraction of sp³-hybridized carbons (Fsp3) is 0.174. The summed E-state index contributed by atoms with van der Waals surface area (Å²) in [5.74, 6) is -0.378. The molecule has 0 unspecified atom stereocenters. The van der Waals surface area contributed by atoms with E-state index in [0.717, 1.165) is 24.0 Å². The summed E-state index contributed by atoms with van der Waals surface area (Å²) in [6, 6.07) is 18.8. The molecule has 3 aromatic carbocycles. The number of anilines is 2. The molecule has 154 valence electrons. The van der Waals surface area contributed by atoms with Gasteiger partial charge in [-0.15, -0.1) is 0 Å². The number of benzene rings is 3. The first-order valence-corrected chi connectivity index (χ1v) is 11.5. The van der Waals surface area contributed by atoms with Gasteiger partial charge in [-0.25, -0.2) is 8.42 Å². The summed E-state index contributed by atoms with van der Waals surface area (Å²) in [5, 5.41) is 3.41. The molecule has 7 heteroatoms. The summed E-state index contributed by atoms with van der Waals surface area (Å²) in [6.07, 6.45) is 1.61. The Labute approximate surface area is 181 Å². The van der Waals surface area contributed by atoms with Crippen LogP contribution in [0.1, 0.15) is 27.9 Å². The number of para-hydroxylation sites is 1. The number of halogens is 1. The number of carbonyl (C=O) groups excluding carboxylic acids is 1. The molecule has 0 saturated carbocycles. The third kappa shape index (κ3) is 3.93. The van der Waals surface area contributed by atoms with Gasteiger partial charge in [-0.05, 0) is 73.4 Å². The van der Waals surface area contributed by atoms with Crippen molar-refractivity contribution in [3.8, 4) is 0 Å². The van der Waals surface area contributed by atoms with Gasteiger partial charge in [0.25, 0.3) is 15.9 Å². The normalized spacial score (nSPS) is 13.6. The Morgan fingerprint density at radius 2 is 1.83 bits per heavy atom. The van der Waals surface area contributed by atoms with Crippen LogP contribution in [-0.4, -0.2) is 20.9 Å². The van der Waals surface area contributed by atoms with Gasteiger partial charge in [0.2, 0.25) is 0 Å². The molecule has 5 nitrogen and oxygen atoms in total. The lowest BCUT2D eigenvalue weighted by Gasteiger charge is -2.30. The van der Waals surface area contributed by atoms with Crippen molar-refractivity contribution in [2.24, 2.45) is 0 Å². The van der Waals surface area contributed by atoms with Crippen molar-refractivity contribution in [1.29, 1.82) is 0 Å². The standard InChI is InChI=1S/C23H21ClN2O3S/c1-16-14-19(24)11-12-21(16)25-23(27)18-7-4-9-20(15-18)30(28,29)26-13-5-8-17-6-2-3-10-22(17)26/h2-4,6-7,9-12,14-15H,5,8,13H2,1H3,(H,25,27). The highest BCUT2D eigenvalue weighted by Gasteiger charge is 2.29. The number of amides is 1. The van der Waals surface area contributed by atoms with E-state index in [1.807, 2.05) is 31.2 Å². The molecular formula is C23H21ClN2O3S. The van der Waals surface area contributed by atoms with Crippen LogP contribution < -0.4 is 9.62 Å². The molecule has 3 aromatic rings. The van der Waals surface area contributed by atoms with E-state index in [4.69, 9.17) is 11.6 Å². The van der Waals surface area contributed by atoms with E-state index in [9.17, 15) is 13.2 Å². The number of hydrogen-bond donors (Lipinski definition) is 1. The largest absolute Gasteiger partial charge is 0.322 e. The van der Waals surface area contributed by atoms with Crippen molar-refractivity contribution in [2.75, 3.05) is 16.2 Å². The minimum Gasteiger partial charge on any atom is -0.322 e. The molecule has 0 bridgehead atoms. The highest BCUT2D eigenvalue weighted by atomic mass is 35.5. The van der Waals surface area contributed by atoms with Gasteiger partial charge in [0.05, 0.1) is 10.6 Å². The second kappa shape index (κ2) is 8.13. The average Bonchev–Trinajstić information content (AvgIpc) is 2.75. The number of nitrogens with zero attached hydrogens (tertiary/aromatic N) is 1. The number of carbonyl (C=O) groups is 1. The van der Waals surface area contributed by atoms with Gasteiger partial charge in [0.1, 0.15) is 0 Å². The maximum atomic E-state index is 13.4. The van der Waals surface area contributed by atoms with Crippen molar-refractivity contribution in [3.63, 3.8) is 0 Å². The van der Waals surface area contributed by atoms with Crippen LogP contribution in [0.4, 0.5) is 11.4 Å². The Bertz CT molecular complexity index is 1220. The van der Waals surface area contributed by atoms with Crippen molar-refractivity contribution >= 4 is 38.9 Å². The fourth-order valence-corrected chi connectivity index (χ4v) is 5.45. The van der Waals surface area contributed by atoms with Crippen LogP contribution >= 0.6 is 11.6 Å².